The summed E-state index contributed by atoms with van der Waals surface area (Å²) in [7, 11) is 0. The van der Waals surface area contributed by atoms with Crippen LogP contribution in [0.2, 0.25) is 0 Å². The summed E-state index contributed by atoms with van der Waals surface area (Å²) in [5, 5.41) is 4.25. The van der Waals surface area contributed by atoms with Crippen molar-refractivity contribution in [3.05, 3.63) is 137 Å². The number of hydrogen-bond acceptors (Lipinski definition) is 4. The molecule has 200 valence electrons. The lowest BCUT2D eigenvalue weighted by Crippen LogP contribution is -2.29. The molecule has 5 aromatic rings. The first-order valence-corrected chi connectivity index (χ1v) is 13.8. The molecular formula is C33H31N5OS. The zero-order chi connectivity index (χ0) is 27.6. The minimum Gasteiger partial charge on any atom is -0.457 e. The second-order valence-electron chi connectivity index (χ2n) is 10.1. The summed E-state index contributed by atoms with van der Waals surface area (Å²) in [6, 6.07) is 28.4. The van der Waals surface area contributed by atoms with Crippen LogP contribution in [-0.4, -0.2) is 19.6 Å². The van der Waals surface area contributed by atoms with Crippen LogP contribution in [0.3, 0.4) is 0 Å². The van der Waals surface area contributed by atoms with E-state index in [1.807, 2.05) is 80.1 Å². The van der Waals surface area contributed by atoms with Crippen LogP contribution in [0.4, 0.5) is 5.69 Å². The van der Waals surface area contributed by atoms with E-state index in [2.05, 4.69) is 63.9 Å². The number of thiocarbonyl (C=S) groups is 1. The zero-order valence-corrected chi connectivity index (χ0v) is 23.6. The number of benzene rings is 2. The largest absolute Gasteiger partial charge is 0.457 e. The highest BCUT2D eigenvalue weighted by molar-refractivity contribution is 7.80. The lowest BCUT2D eigenvalue weighted by molar-refractivity contribution is 0.479. The third kappa shape index (κ3) is 4.96. The molecule has 7 heteroatoms. The van der Waals surface area contributed by atoms with Crippen LogP contribution in [0, 0.1) is 20.8 Å². The van der Waals surface area contributed by atoms with Gasteiger partial charge < -0.3 is 19.5 Å². The number of pyridine rings is 2. The van der Waals surface area contributed by atoms with E-state index < -0.39 is 0 Å². The first-order chi connectivity index (χ1) is 19.5. The Morgan fingerprint density at radius 1 is 0.900 bits per heavy atom. The van der Waals surface area contributed by atoms with E-state index in [1.54, 1.807) is 0 Å². The monoisotopic (exact) mass is 545 g/mol. The van der Waals surface area contributed by atoms with Gasteiger partial charge >= 0.3 is 0 Å². The smallest absolute Gasteiger partial charge is 0.174 e. The molecule has 2 atom stereocenters. The van der Waals surface area contributed by atoms with Gasteiger partial charge in [0.1, 0.15) is 11.5 Å². The van der Waals surface area contributed by atoms with Crippen molar-refractivity contribution >= 4 is 23.0 Å². The lowest BCUT2D eigenvalue weighted by atomic mass is 9.96. The molecule has 2 unspecified atom stereocenters. The SMILES string of the molecule is Cc1ccccc1Oc1ccc(N2C(=S)NC(c3ccccn3)C2c2cc(C)n(Cc3cccnc3)c2C)cc1. The quantitative estimate of drug-likeness (QED) is 0.218. The molecule has 3 aromatic heterocycles. The van der Waals surface area contributed by atoms with Crippen molar-refractivity contribution in [1.29, 1.82) is 0 Å². The molecule has 0 spiro atoms. The van der Waals surface area contributed by atoms with Crippen LogP contribution in [0.5, 0.6) is 11.5 Å². The fraction of sp³-hybridized carbons (Fsp3) is 0.182. The van der Waals surface area contributed by atoms with Crippen molar-refractivity contribution in [1.82, 2.24) is 19.9 Å². The van der Waals surface area contributed by atoms with Gasteiger partial charge in [-0.2, -0.15) is 0 Å². The maximum absolute atomic E-state index is 6.16. The van der Waals surface area contributed by atoms with Gasteiger partial charge in [-0.15, -0.1) is 0 Å². The predicted octanol–water partition coefficient (Wildman–Crippen LogP) is 7.22. The van der Waals surface area contributed by atoms with Crippen molar-refractivity contribution in [3.63, 3.8) is 0 Å². The third-order valence-corrected chi connectivity index (χ3v) is 7.84. The molecule has 0 amide bonds. The van der Waals surface area contributed by atoms with Crippen LogP contribution < -0.4 is 15.0 Å². The standard InChI is InChI=1S/C33H31N5OS/c1-22-9-4-5-12-30(22)39-27-15-13-26(14-16-27)38-32(31(36-33(38)40)29-11-6-7-18-35-29)28-19-23(2)37(24(28)3)21-25-10-8-17-34-20-25/h4-20,31-32H,21H2,1-3H3,(H,36,40). The Hall–Kier alpha value is -4.49. The summed E-state index contributed by atoms with van der Waals surface area (Å²) < 4.78 is 8.51. The Kier molecular flexibility index (Phi) is 7.05. The molecular weight excluding hydrogens is 514 g/mol. The number of nitrogens with one attached hydrogen (secondary N) is 1. The lowest BCUT2D eigenvalue weighted by Gasteiger charge is -2.28. The Morgan fingerprint density at radius 2 is 1.70 bits per heavy atom. The van der Waals surface area contributed by atoms with Gasteiger partial charge in [0, 0.05) is 42.2 Å². The van der Waals surface area contributed by atoms with Gasteiger partial charge in [-0.1, -0.05) is 30.3 Å². The average Bonchev–Trinajstić information content (AvgIpc) is 3.46. The second-order valence-corrected chi connectivity index (χ2v) is 10.5. The summed E-state index contributed by atoms with van der Waals surface area (Å²) in [6.07, 6.45) is 5.57. The summed E-state index contributed by atoms with van der Waals surface area (Å²) >= 11 is 5.96. The number of aryl methyl sites for hydroxylation is 2. The maximum atomic E-state index is 6.16. The molecule has 2 aromatic carbocycles. The first-order valence-electron chi connectivity index (χ1n) is 13.4. The highest BCUT2D eigenvalue weighted by Gasteiger charge is 2.42. The second kappa shape index (κ2) is 10.9. The minimum atomic E-state index is -0.107. The van der Waals surface area contributed by atoms with Crippen molar-refractivity contribution in [2.75, 3.05) is 4.90 Å². The number of para-hydroxylation sites is 1. The Morgan fingerprint density at radius 3 is 2.42 bits per heavy atom. The van der Waals surface area contributed by atoms with Crippen molar-refractivity contribution < 1.29 is 4.74 Å². The van der Waals surface area contributed by atoms with Crippen LogP contribution in [-0.2, 0) is 6.54 Å². The Balaban J connectivity index is 1.38. The van der Waals surface area contributed by atoms with E-state index in [0.717, 1.165) is 35.0 Å². The van der Waals surface area contributed by atoms with E-state index in [0.29, 0.717) is 5.11 Å². The summed E-state index contributed by atoms with van der Waals surface area (Å²) in [5.74, 6) is 1.63. The Bertz CT molecular complexity index is 1630. The average molecular weight is 546 g/mol. The molecule has 1 saturated heterocycles. The van der Waals surface area contributed by atoms with E-state index in [9.17, 15) is 0 Å². The molecule has 0 radical (unpaired) electrons. The number of anilines is 1. The molecule has 1 fully saturated rings. The maximum Gasteiger partial charge on any atom is 0.174 e. The molecule has 0 aliphatic carbocycles. The van der Waals surface area contributed by atoms with Crippen LogP contribution >= 0.6 is 12.2 Å². The molecule has 6 rings (SSSR count). The molecule has 4 heterocycles. The van der Waals surface area contributed by atoms with Gasteiger partial charge in [0.25, 0.3) is 0 Å². The summed E-state index contributed by atoms with van der Waals surface area (Å²) in [4.78, 5) is 11.2. The number of rotatable bonds is 7. The van der Waals surface area contributed by atoms with Gasteiger partial charge in [0.05, 0.1) is 17.8 Å². The van der Waals surface area contributed by atoms with E-state index in [-0.39, 0.29) is 12.1 Å². The summed E-state index contributed by atoms with van der Waals surface area (Å²) in [5.41, 5.74) is 7.81. The minimum absolute atomic E-state index is 0.0839. The highest BCUT2D eigenvalue weighted by atomic mass is 32.1. The molecule has 40 heavy (non-hydrogen) atoms. The topological polar surface area (TPSA) is 55.2 Å². The number of hydrogen-bond donors (Lipinski definition) is 1. The van der Waals surface area contributed by atoms with E-state index in [4.69, 9.17) is 21.9 Å². The van der Waals surface area contributed by atoms with Gasteiger partial charge in [0.15, 0.2) is 5.11 Å². The number of nitrogens with zero attached hydrogens (tertiary/aromatic N) is 4. The number of aromatic nitrogens is 3. The molecule has 1 aliphatic heterocycles. The van der Waals surface area contributed by atoms with Crippen LogP contribution in [0.15, 0.2) is 104 Å². The van der Waals surface area contributed by atoms with E-state index >= 15 is 0 Å². The molecule has 1 N–H and O–H groups in total. The normalized spacial score (nSPS) is 16.7. The molecule has 6 nitrogen and oxygen atoms in total. The van der Waals surface area contributed by atoms with Gasteiger partial charge in [0.2, 0.25) is 0 Å². The highest BCUT2D eigenvalue weighted by Crippen LogP contribution is 2.43. The predicted molar refractivity (Wildman–Crippen MR) is 163 cm³/mol. The molecule has 0 bridgehead atoms. The van der Waals surface area contributed by atoms with Crippen LogP contribution in [0.1, 0.15) is 45.9 Å². The van der Waals surface area contributed by atoms with Crippen molar-refractivity contribution in [3.8, 4) is 11.5 Å². The van der Waals surface area contributed by atoms with Crippen molar-refractivity contribution in [2.24, 2.45) is 0 Å². The zero-order valence-electron chi connectivity index (χ0n) is 22.8. The van der Waals surface area contributed by atoms with Gasteiger partial charge in [-0.3, -0.25) is 9.97 Å². The van der Waals surface area contributed by atoms with Gasteiger partial charge in [-0.05, 0) is 104 Å². The fourth-order valence-electron chi connectivity index (χ4n) is 5.47. The first kappa shape index (κ1) is 25.8. The van der Waals surface area contributed by atoms with Crippen molar-refractivity contribution in [2.45, 2.75) is 39.4 Å². The third-order valence-electron chi connectivity index (χ3n) is 7.53. The van der Waals surface area contributed by atoms with Crippen LogP contribution in [0.25, 0.3) is 0 Å². The molecule has 1 aliphatic rings. The number of ether oxygens (including phenoxy) is 1. The molecule has 0 saturated carbocycles. The van der Waals surface area contributed by atoms with Gasteiger partial charge in [-0.25, -0.2) is 0 Å². The Labute approximate surface area is 240 Å². The summed E-state index contributed by atoms with van der Waals surface area (Å²) in [6.45, 7) is 7.15. The fourth-order valence-corrected chi connectivity index (χ4v) is 5.81. The van der Waals surface area contributed by atoms with E-state index in [1.165, 1.54) is 22.5 Å².